The first-order valence-corrected chi connectivity index (χ1v) is 6.69. The van der Waals surface area contributed by atoms with Gasteiger partial charge < -0.3 is 11.1 Å². The molecule has 0 atom stereocenters. The Morgan fingerprint density at radius 1 is 1.28 bits per heavy atom. The summed E-state index contributed by atoms with van der Waals surface area (Å²) < 4.78 is 0.758. The summed E-state index contributed by atoms with van der Waals surface area (Å²) >= 11 is 9.13. The third-order valence-corrected chi connectivity index (χ3v) is 2.94. The van der Waals surface area contributed by atoms with E-state index in [2.05, 4.69) is 21.2 Å². The lowest BCUT2D eigenvalue weighted by atomic mass is 10.2. The Morgan fingerprint density at radius 3 is 2.61 bits per heavy atom. The number of nitrogens with two attached hydrogens (primary N) is 1. The summed E-state index contributed by atoms with van der Waals surface area (Å²) in [5.41, 5.74) is 5.52. The molecule has 1 aromatic carbocycles. The van der Waals surface area contributed by atoms with Crippen molar-refractivity contribution in [2.75, 3.05) is 6.54 Å². The van der Waals surface area contributed by atoms with Crippen LogP contribution >= 0.6 is 27.5 Å². The van der Waals surface area contributed by atoms with E-state index >= 15 is 0 Å². The van der Waals surface area contributed by atoms with E-state index in [1.165, 1.54) is 0 Å². The molecule has 3 N–H and O–H groups in total. The second kappa shape index (κ2) is 7.38. The summed E-state index contributed by atoms with van der Waals surface area (Å²) in [6.07, 6.45) is 1.74. The maximum Gasteiger partial charge on any atom is 0.251 e. The largest absolute Gasteiger partial charge is 0.370 e. The Balaban J connectivity index is 2.38. The van der Waals surface area contributed by atoms with Crippen molar-refractivity contribution >= 4 is 39.3 Å². The normalized spacial score (nSPS) is 10.1. The fourth-order valence-corrected chi connectivity index (χ4v) is 2.27. The topological polar surface area (TPSA) is 72.2 Å². The van der Waals surface area contributed by atoms with Gasteiger partial charge in [0.1, 0.15) is 0 Å². The highest BCUT2D eigenvalue weighted by molar-refractivity contribution is 9.10. The second-order valence-electron chi connectivity index (χ2n) is 3.84. The van der Waals surface area contributed by atoms with Crippen molar-refractivity contribution in [1.29, 1.82) is 0 Å². The van der Waals surface area contributed by atoms with Crippen LogP contribution in [0.15, 0.2) is 22.7 Å². The maximum atomic E-state index is 11.8. The number of rotatable bonds is 6. The molecule has 98 valence electrons. The van der Waals surface area contributed by atoms with Crippen LogP contribution in [0, 0.1) is 0 Å². The number of amides is 2. The molecular formula is C12H14BrClN2O2. The number of hydrogen-bond acceptors (Lipinski definition) is 2. The van der Waals surface area contributed by atoms with Gasteiger partial charge in [-0.05, 0) is 31.0 Å². The third-order valence-electron chi connectivity index (χ3n) is 2.26. The van der Waals surface area contributed by atoms with Gasteiger partial charge in [0.2, 0.25) is 5.91 Å². The van der Waals surface area contributed by atoms with Crippen molar-refractivity contribution in [3.05, 3.63) is 33.3 Å². The van der Waals surface area contributed by atoms with Crippen LogP contribution in [0.3, 0.4) is 0 Å². The van der Waals surface area contributed by atoms with Gasteiger partial charge in [0.25, 0.3) is 5.91 Å². The van der Waals surface area contributed by atoms with E-state index in [4.69, 9.17) is 17.3 Å². The number of hydrogen-bond donors (Lipinski definition) is 2. The molecule has 0 saturated heterocycles. The Hall–Kier alpha value is -1.07. The van der Waals surface area contributed by atoms with Gasteiger partial charge >= 0.3 is 0 Å². The fourth-order valence-electron chi connectivity index (χ4n) is 1.41. The Bertz CT molecular complexity index is 431. The van der Waals surface area contributed by atoms with Gasteiger partial charge in [0.15, 0.2) is 0 Å². The molecular weight excluding hydrogens is 320 g/mol. The summed E-state index contributed by atoms with van der Waals surface area (Å²) in [7, 11) is 0. The first kappa shape index (κ1) is 15.0. The molecule has 0 spiro atoms. The lowest BCUT2D eigenvalue weighted by Gasteiger charge is -2.05. The van der Waals surface area contributed by atoms with Crippen molar-refractivity contribution in [1.82, 2.24) is 5.32 Å². The van der Waals surface area contributed by atoms with Crippen LogP contribution in [0.4, 0.5) is 0 Å². The van der Waals surface area contributed by atoms with Gasteiger partial charge in [-0.25, -0.2) is 0 Å². The number of nitrogens with one attached hydrogen (secondary N) is 1. The van der Waals surface area contributed by atoms with Crippen molar-refractivity contribution < 1.29 is 9.59 Å². The number of unbranched alkanes of at least 4 members (excludes halogenated alkanes) is 1. The minimum Gasteiger partial charge on any atom is -0.370 e. The zero-order valence-corrected chi connectivity index (χ0v) is 12.1. The lowest BCUT2D eigenvalue weighted by molar-refractivity contribution is -0.118. The highest BCUT2D eigenvalue weighted by Gasteiger charge is 2.06. The lowest BCUT2D eigenvalue weighted by Crippen LogP contribution is -2.24. The molecule has 6 heteroatoms. The molecule has 0 radical (unpaired) electrons. The summed E-state index contributed by atoms with van der Waals surface area (Å²) in [4.78, 5) is 22.3. The van der Waals surface area contributed by atoms with Crippen molar-refractivity contribution in [3.8, 4) is 0 Å². The molecule has 1 rings (SSSR count). The molecule has 0 heterocycles. The molecule has 18 heavy (non-hydrogen) atoms. The smallest absolute Gasteiger partial charge is 0.251 e. The minimum atomic E-state index is -0.319. The van der Waals surface area contributed by atoms with E-state index in [-0.39, 0.29) is 11.8 Å². The van der Waals surface area contributed by atoms with Crippen LogP contribution in [-0.2, 0) is 4.79 Å². The highest BCUT2D eigenvalue weighted by Crippen LogP contribution is 2.19. The average molecular weight is 334 g/mol. The molecule has 0 aliphatic heterocycles. The first-order chi connectivity index (χ1) is 8.49. The van der Waals surface area contributed by atoms with Gasteiger partial charge in [0.05, 0.1) is 0 Å². The predicted octanol–water partition coefficient (Wildman–Crippen LogP) is 2.49. The van der Waals surface area contributed by atoms with Gasteiger partial charge in [0, 0.05) is 28.0 Å². The molecule has 4 nitrogen and oxygen atoms in total. The molecule has 1 aromatic rings. The molecule has 0 aliphatic rings. The minimum absolute atomic E-state index is 0.183. The third kappa shape index (κ3) is 5.51. The Kier molecular flexibility index (Phi) is 6.15. The van der Waals surface area contributed by atoms with Crippen molar-refractivity contribution in [2.45, 2.75) is 19.3 Å². The van der Waals surface area contributed by atoms with Gasteiger partial charge in [-0.15, -0.1) is 0 Å². The van der Waals surface area contributed by atoms with E-state index in [0.29, 0.717) is 30.0 Å². The molecule has 0 saturated carbocycles. The van der Waals surface area contributed by atoms with Crippen molar-refractivity contribution in [3.63, 3.8) is 0 Å². The van der Waals surface area contributed by atoms with Gasteiger partial charge in [-0.3, -0.25) is 9.59 Å². The molecule has 0 bridgehead atoms. The van der Waals surface area contributed by atoms with E-state index in [1.807, 2.05) is 0 Å². The van der Waals surface area contributed by atoms with Crippen molar-refractivity contribution in [2.24, 2.45) is 5.73 Å². The Labute approximate surface area is 119 Å². The summed E-state index contributed by atoms with van der Waals surface area (Å²) in [5.74, 6) is -0.502. The molecule has 0 unspecified atom stereocenters. The SMILES string of the molecule is NC(=O)CCCCNC(=O)c1cc(Cl)cc(Br)c1. The quantitative estimate of drug-likeness (QED) is 0.785. The molecule has 2 amide bonds. The fraction of sp³-hybridized carbons (Fsp3) is 0.333. The molecule has 0 fully saturated rings. The maximum absolute atomic E-state index is 11.8. The summed E-state index contributed by atoms with van der Waals surface area (Å²) in [6, 6.07) is 5.01. The van der Waals surface area contributed by atoms with E-state index < -0.39 is 0 Å². The monoisotopic (exact) mass is 332 g/mol. The van der Waals surface area contributed by atoms with Crippen LogP contribution in [0.25, 0.3) is 0 Å². The average Bonchev–Trinajstić information content (AvgIpc) is 2.26. The van der Waals surface area contributed by atoms with Crippen LogP contribution in [0.1, 0.15) is 29.6 Å². The van der Waals surface area contributed by atoms with Crippen LogP contribution in [-0.4, -0.2) is 18.4 Å². The summed E-state index contributed by atoms with van der Waals surface area (Å²) in [5, 5.41) is 3.26. The standard InChI is InChI=1S/C12H14BrClN2O2/c13-9-5-8(6-10(14)7-9)12(18)16-4-2-1-3-11(15)17/h5-7H,1-4H2,(H2,15,17)(H,16,18). The summed E-state index contributed by atoms with van der Waals surface area (Å²) in [6.45, 7) is 0.510. The zero-order valence-electron chi connectivity index (χ0n) is 9.71. The van der Waals surface area contributed by atoms with E-state index in [9.17, 15) is 9.59 Å². The number of primary amides is 1. The predicted molar refractivity (Wildman–Crippen MR) is 74.5 cm³/mol. The number of carbonyl (C=O) groups excluding carboxylic acids is 2. The highest BCUT2D eigenvalue weighted by atomic mass is 79.9. The van der Waals surface area contributed by atoms with E-state index in [1.54, 1.807) is 18.2 Å². The molecule has 0 aliphatic carbocycles. The first-order valence-electron chi connectivity index (χ1n) is 5.51. The molecule has 0 aromatic heterocycles. The number of benzene rings is 1. The van der Waals surface area contributed by atoms with Crippen LogP contribution < -0.4 is 11.1 Å². The van der Waals surface area contributed by atoms with Gasteiger partial charge in [-0.1, -0.05) is 27.5 Å². The van der Waals surface area contributed by atoms with Crippen LogP contribution in [0.2, 0.25) is 5.02 Å². The van der Waals surface area contributed by atoms with Crippen LogP contribution in [0.5, 0.6) is 0 Å². The second-order valence-corrected chi connectivity index (χ2v) is 5.19. The number of halogens is 2. The number of carbonyl (C=O) groups is 2. The van der Waals surface area contributed by atoms with Gasteiger partial charge in [-0.2, -0.15) is 0 Å². The Morgan fingerprint density at radius 2 is 2.00 bits per heavy atom. The van der Waals surface area contributed by atoms with E-state index in [0.717, 1.165) is 10.9 Å². The zero-order chi connectivity index (χ0) is 13.5.